The smallest absolute Gasteiger partial charge is 0.0854 e. The molecule has 0 saturated carbocycles. The highest BCUT2D eigenvalue weighted by molar-refractivity contribution is 7.15. The molecule has 1 saturated heterocycles. The van der Waals surface area contributed by atoms with Crippen LogP contribution in [0.15, 0.2) is 54.6 Å². The van der Waals surface area contributed by atoms with E-state index in [1.54, 1.807) is 0 Å². The van der Waals surface area contributed by atoms with Gasteiger partial charge in [0.2, 0.25) is 0 Å². The van der Waals surface area contributed by atoms with E-state index in [-0.39, 0.29) is 18.3 Å². The molecular weight excluding hydrogens is 378 g/mol. The van der Waals surface area contributed by atoms with E-state index in [4.69, 9.17) is 10.5 Å². The van der Waals surface area contributed by atoms with Crippen LogP contribution in [0.3, 0.4) is 0 Å². The van der Waals surface area contributed by atoms with Crippen LogP contribution in [0.1, 0.15) is 46.1 Å². The minimum absolute atomic E-state index is 0.0668. The van der Waals surface area contributed by atoms with Gasteiger partial charge in [-0.3, -0.25) is 0 Å². The molecule has 4 heteroatoms. The predicted octanol–water partition coefficient (Wildman–Crippen LogP) is 5.16. The Morgan fingerprint density at radius 1 is 1.03 bits per heavy atom. The number of thiophene rings is 1. The standard InChI is InChI=1S/C25H29NO2S/c1-16-3-6-18(7-4-16)25-10-9-23(29-25)12-20-11-19(8-5-17(20)2)24-14-21(27)13-22(15-26)28-24/h3-11,21-22,24,27H,12-15,26H2,1-2H3/t21-,22-,24+/m0/s1. The second-order valence-electron chi connectivity index (χ2n) is 8.10. The fourth-order valence-corrected chi connectivity index (χ4v) is 5.01. The summed E-state index contributed by atoms with van der Waals surface area (Å²) in [5.74, 6) is 0. The van der Waals surface area contributed by atoms with E-state index < -0.39 is 0 Å². The quantitative estimate of drug-likeness (QED) is 0.614. The van der Waals surface area contributed by atoms with Crippen LogP contribution in [0.5, 0.6) is 0 Å². The number of nitrogens with two attached hydrogens (primary N) is 1. The highest BCUT2D eigenvalue weighted by Gasteiger charge is 2.28. The summed E-state index contributed by atoms with van der Waals surface area (Å²) < 4.78 is 6.13. The third-order valence-corrected chi connectivity index (χ3v) is 6.88. The molecule has 1 aliphatic heterocycles. The van der Waals surface area contributed by atoms with Crippen molar-refractivity contribution in [1.29, 1.82) is 0 Å². The Kier molecular flexibility index (Phi) is 6.16. The lowest BCUT2D eigenvalue weighted by atomic mass is 9.93. The molecule has 0 amide bonds. The van der Waals surface area contributed by atoms with E-state index in [0.29, 0.717) is 19.4 Å². The second-order valence-corrected chi connectivity index (χ2v) is 9.27. The van der Waals surface area contributed by atoms with Crippen LogP contribution < -0.4 is 5.73 Å². The van der Waals surface area contributed by atoms with E-state index in [0.717, 1.165) is 12.0 Å². The van der Waals surface area contributed by atoms with Gasteiger partial charge in [-0.05, 0) is 48.2 Å². The molecule has 1 aromatic heterocycles. The summed E-state index contributed by atoms with van der Waals surface area (Å²) in [5, 5.41) is 10.2. The van der Waals surface area contributed by atoms with Crippen LogP contribution in [-0.2, 0) is 11.2 Å². The van der Waals surface area contributed by atoms with Crippen LogP contribution in [0.2, 0.25) is 0 Å². The fourth-order valence-electron chi connectivity index (χ4n) is 3.97. The summed E-state index contributed by atoms with van der Waals surface area (Å²) in [6.45, 7) is 4.72. The van der Waals surface area contributed by atoms with Gasteiger partial charge in [0.15, 0.2) is 0 Å². The lowest BCUT2D eigenvalue weighted by molar-refractivity contribution is -0.0931. The zero-order valence-electron chi connectivity index (χ0n) is 17.1. The van der Waals surface area contributed by atoms with Crippen molar-refractivity contribution in [2.45, 2.75) is 51.4 Å². The van der Waals surface area contributed by atoms with Crippen molar-refractivity contribution >= 4 is 11.3 Å². The predicted molar refractivity (Wildman–Crippen MR) is 120 cm³/mol. The molecule has 3 nitrogen and oxygen atoms in total. The minimum atomic E-state index is -0.346. The number of aryl methyl sites for hydroxylation is 2. The van der Waals surface area contributed by atoms with E-state index in [2.05, 4.69) is 68.4 Å². The first-order chi connectivity index (χ1) is 14.0. The molecule has 0 spiro atoms. The summed E-state index contributed by atoms with van der Waals surface area (Å²) in [4.78, 5) is 2.66. The maximum atomic E-state index is 10.2. The van der Waals surface area contributed by atoms with Crippen molar-refractivity contribution in [3.05, 3.63) is 81.7 Å². The zero-order valence-corrected chi connectivity index (χ0v) is 17.9. The largest absolute Gasteiger partial charge is 0.393 e. The number of hydrogen-bond donors (Lipinski definition) is 2. The van der Waals surface area contributed by atoms with Crippen LogP contribution in [0, 0.1) is 13.8 Å². The summed E-state index contributed by atoms with van der Waals surface area (Å²) in [5.41, 5.74) is 12.1. The minimum Gasteiger partial charge on any atom is -0.393 e. The third kappa shape index (κ3) is 4.78. The zero-order chi connectivity index (χ0) is 20.4. The topological polar surface area (TPSA) is 55.5 Å². The highest BCUT2D eigenvalue weighted by atomic mass is 32.1. The molecule has 3 aromatic rings. The van der Waals surface area contributed by atoms with Gasteiger partial charge in [0.25, 0.3) is 0 Å². The summed E-state index contributed by atoms with van der Waals surface area (Å²) in [6, 6.07) is 19.7. The van der Waals surface area contributed by atoms with Crippen molar-refractivity contribution in [2.24, 2.45) is 5.73 Å². The first kappa shape index (κ1) is 20.3. The SMILES string of the molecule is Cc1ccc(-c2ccc(Cc3cc([C@H]4C[C@@H](O)C[C@@H](CN)O4)ccc3C)s2)cc1. The van der Waals surface area contributed by atoms with Gasteiger partial charge < -0.3 is 15.6 Å². The Morgan fingerprint density at radius 3 is 2.59 bits per heavy atom. The monoisotopic (exact) mass is 407 g/mol. The van der Waals surface area contributed by atoms with Gasteiger partial charge >= 0.3 is 0 Å². The van der Waals surface area contributed by atoms with Gasteiger partial charge in [0.1, 0.15) is 0 Å². The van der Waals surface area contributed by atoms with Crippen LogP contribution in [0.4, 0.5) is 0 Å². The fraction of sp³-hybridized carbons (Fsp3) is 0.360. The van der Waals surface area contributed by atoms with Gasteiger partial charge in [0.05, 0.1) is 18.3 Å². The Bertz CT molecular complexity index is 963. The number of ether oxygens (including phenoxy) is 1. The Balaban J connectivity index is 1.53. The molecule has 2 heterocycles. The summed E-state index contributed by atoms with van der Waals surface area (Å²) in [7, 11) is 0. The first-order valence-electron chi connectivity index (χ1n) is 10.3. The lowest BCUT2D eigenvalue weighted by Crippen LogP contribution is -2.36. The van der Waals surface area contributed by atoms with Crippen LogP contribution in [-0.4, -0.2) is 23.9 Å². The average Bonchev–Trinajstić information content (AvgIpc) is 3.18. The van der Waals surface area contributed by atoms with E-state index in [1.165, 1.54) is 32.0 Å². The molecule has 0 aliphatic carbocycles. The van der Waals surface area contributed by atoms with Crippen molar-refractivity contribution < 1.29 is 9.84 Å². The number of aliphatic hydroxyl groups excluding tert-OH is 1. The third-order valence-electron chi connectivity index (χ3n) is 5.75. The number of benzene rings is 2. The van der Waals surface area contributed by atoms with Crippen molar-refractivity contribution in [3.8, 4) is 10.4 Å². The molecule has 3 atom stereocenters. The first-order valence-corrected chi connectivity index (χ1v) is 11.1. The molecular formula is C25H29NO2S. The molecule has 3 N–H and O–H groups in total. The van der Waals surface area contributed by atoms with E-state index in [1.807, 2.05) is 11.3 Å². The Hall–Kier alpha value is -1.98. The molecule has 0 unspecified atom stereocenters. The van der Waals surface area contributed by atoms with Crippen LogP contribution in [0.25, 0.3) is 10.4 Å². The maximum absolute atomic E-state index is 10.2. The number of rotatable bonds is 5. The maximum Gasteiger partial charge on any atom is 0.0854 e. The van der Waals surface area contributed by atoms with Crippen molar-refractivity contribution in [2.75, 3.05) is 6.54 Å². The Morgan fingerprint density at radius 2 is 1.83 bits per heavy atom. The summed E-state index contributed by atoms with van der Waals surface area (Å²) >= 11 is 1.85. The van der Waals surface area contributed by atoms with Gasteiger partial charge in [0, 0.05) is 35.6 Å². The second kappa shape index (κ2) is 8.80. The molecule has 2 aromatic carbocycles. The number of aliphatic hydroxyl groups is 1. The highest BCUT2D eigenvalue weighted by Crippen LogP contribution is 2.34. The van der Waals surface area contributed by atoms with Crippen molar-refractivity contribution in [3.63, 3.8) is 0 Å². The molecule has 29 heavy (non-hydrogen) atoms. The van der Waals surface area contributed by atoms with Crippen molar-refractivity contribution in [1.82, 2.24) is 0 Å². The normalized spacial score (nSPS) is 22.0. The molecule has 1 fully saturated rings. The molecule has 0 bridgehead atoms. The van der Waals surface area contributed by atoms with Crippen LogP contribution >= 0.6 is 11.3 Å². The van der Waals surface area contributed by atoms with E-state index in [9.17, 15) is 5.11 Å². The van der Waals surface area contributed by atoms with Gasteiger partial charge in [-0.25, -0.2) is 0 Å². The number of hydrogen-bond acceptors (Lipinski definition) is 4. The lowest BCUT2D eigenvalue weighted by Gasteiger charge is -2.33. The molecule has 152 valence electrons. The molecule has 4 rings (SSSR count). The summed E-state index contributed by atoms with van der Waals surface area (Å²) in [6.07, 6.45) is 1.67. The average molecular weight is 408 g/mol. The van der Waals surface area contributed by atoms with Gasteiger partial charge in [-0.1, -0.05) is 48.0 Å². The van der Waals surface area contributed by atoms with E-state index >= 15 is 0 Å². The van der Waals surface area contributed by atoms with Gasteiger partial charge in [-0.2, -0.15) is 0 Å². The Labute approximate surface area is 177 Å². The molecule has 1 aliphatic rings. The van der Waals surface area contributed by atoms with Gasteiger partial charge in [-0.15, -0.1) is 11.3 Å². The molecule has 0 radical (unpaired) electrons.